The molecule has 1 saturated heterocycles. The Labute approximate surface area is 131 Å². The zero-order chi connectivity index (χ0) is 13.2. The summed E-state index contributed by atoms with van der Waals surface area (Å²) in [5.74, 6) is 0.626. The number of nitrogens with one attached hydrogen (secondary N) is 1. The second-order valence-electron chi connectivity index (χ2n) is 5.85. The molecule has 0 unspecified atom stereocenters. The molecule has 0 aromatic carbocycles. The van der Waals surface area contributed by atoms with E-state index in [-0.39, 0.29) is 18.3 Å². The Balaban J connectivity index is 0.00000147. The maximum atomic E-state index is 12.8. The highest BCUT2D eigenvalue weighted by molar-refractivity contribution is 7.09. The van der Waals surface area contributed by atoms with E-state index in [0.717, 1.165) is 25.9 Å². The number of nitrogens with zero attached hydrogens (tertiary/aromatic N) is 1. The van der Waals surface area contributed by atoms with Crippen LogP contribution >= 0.6 is 23.7 Å². The molecule has 5 heteroatoms. The number of carbonyl (C=O) groups excluding carboxylic acids is 1. The first-order valence-corrected chi connectivity index (χ1v) is 8.18. The maximum absolute atomic E-state index is 12.8. The van der Waals surface area contributed by atoms with E-state index < -0.39 is 0 Å². The normalized spacial score (nSPS) is 25.9. The van der Waals surface area contributed by atoms with Crippen molar-refractivity contribution in [3.05, 3.63) is 22.4 Å². The fourth-order valence-corrected chi connectivity index (χ4v) is 3.64. The molecule has 1 aromatic heterocycles. The van der Waals surface area contributed by atoms with E-state index in [2.05, 4.69) is 34.7 Å². The first-order chi connectivity index (χ1) is 9.24. The molecule has 2 aliphatic rings. The SMILES string of the molecule is C[C@H]1C[C@@H](C(=O)N(Cc2cccs2)C2CC2)CCN1.Cl. The van der Waals surface area contributed by atoms with Crippen LogP contribution in [-0.2, 0) is 11.3 Å². The lowest BCUT2D eigenvalue weighted by atomic mass is 9.92. The molecule has 20 heavy (non-hydrogen) atoms. The predicted molar refractivity (Wildman–Crippen MR) is 85.3 cm³/mol. The Kier molecular flexibility index (Phi) is 5.47. The van der Waals surface area contributed by atoms with Crippen LogP contribution in [0.5, 0.6) is 0 Å². The van der Waals surface area contributed by atoms with Crippen molar-refractivity contribution in [1.29, 1.82) is 0 Å². The molecule has 0 radical (unpaired) electrons. The first kappa shape index (κ1) is 15.8. The number of amides is 1. The second kappa shape index (κ2) is 6.92. The Bertz CT molecular complexity index is 433. The van der Waals surface area contributed by atoms with Crippen molar-refractivity contribution in [2.45, 2.75) is 51.2 Å². The van der Waals surface area contributed by atoms with E-state index in [0.29, 0.717) is 18.0 Å². The van der Waals surface area contributed by atoms with Gasteiger partial charge in [0, 0.05) is 22.9 Å². The van der Waals surface area contributed by atoms with Gasteiger partial charge in [0.05, 0.1) is 6.54 Å². The summed E-state index contributed by atoms with van der Waals surface area (Å²) in [6.45, 7) is 3.98. The molecular formula is C15H23ClN2OS. The van der Waals surface area contributed by atoms with Gasteiger partial charge in [0.25, 0.3) is 0 Å². The minimum atomic E-state index is 0. The predicted octanol–water partition coefficient (Wildman–Crippen LogP) is 3.05. The second-order valence-corrected chi connectivity index (χ2v) is 6.89. The van der Waals surface area contributed by atoms with Crippen LogP contribution in [0.15, 0.2) is 17.5 Å². The van der Waals surface area contributed by atoms with Gasteiger partial charge in [0.2, 0.25) is 5.91 Å². The highest BCUT2D eigenvalue weighted by Gasteiger charge is 2.37. The molecule has 1 aliphatic heterocycles. The van der Waals surface area contributed by atoms with Crippen molar-refractivity contribution in [2.75, 3.05) is 6.54 Å². The lowest BCUT2D eigenvalue weighted by Gasteiger charge is -2.32. The highest BCUT2D eigenvalue weighted by atomic mass is 35.5. The molecule has 0 bridgehead atoms. The van der Waals surface area contributed by atoms with E-state index in [1.54, 1.807) is 11.3 Å². The van der Waals surface area contributed by atoms with Gasteiger partial charge in [0.15, 0.2) is 0 Å². The fraction of sp³-hybridized carbons (Fsp3) is 0.667. The Morgan fingerprint density at radius 3 is 2.85 bits per heavy atom. The molecular weight excluding hydrogens is 292 g/mol. The van der Waals surface area contributed by atoms with Crippen LogP contribution < -0.4 is 5.32 Å². The van der Waals surface area contributed by atoms with E-state index in [1.165, 1.54) is 17.7 Å². The summed E-state index contributed by atoms with van der Waals surface area (Å²) in [5, 5.41) is 5.52. The van der Waals surface area contributed by atoms with E-state index in [4.69, 9.17) is 0 Å². The topological polar surface area (TPSA) is 32.3 Å². The summed E-state index contributed by atoms with van der Waals surface area (Å²) in [4.78, 5) is 16.2. The van der Waals surface area contributed by atoms with Gasteiger partial charge in [-0.3, -0.25) is 4.79 Å². The number of hydrogen-bond donors (Lipinski definition) is 1. The van der Waals surface area contributed by atoms with Crippen molar-refractivity contribution in [2.24, 2.45) is 5.92 Å². The van der Waals surface area contributed by atoms with Gasteiger partial charge in [-0.1, -0.05) is 6.07 Å². The van der Waals surface area contributed by atoms with Gasteiger partial charge in [-0.2, -0.15) is 0 Å². The minimum Gasteiger partial charge on any atom is -0.334 e. The summed E-state index contributed by atoms with van der Waals surface area (Å²) in [6, 6.07) is 5.20. The standard InChI is InChI=1S/C15H22N2OS.ClH/c1-11-9-12(6-7-16-11)15(18)17(13-4-5-13)10-14-3-2-8-19-14;/h2-3,8,11-13,16H,4-7,9-10H2,1H3;1H/t11-,12-;/m0./s1. The number of halogens is 1. The van der Waals surface area contributed by atoms with Gasteiger partial charge in [0.1, 0.15) is 0 Å². The molecule has 2 fully saturated rings. The monoisotopic (exact) mass is 314 g/mol. The fourth-order valence-electron chi connectivity index (χ4n) is 2.93. The Morgan fingerprint density at radius 2 is 2.25 bits per heavy atom. The van der Waals surface area contributed by atoms with Crippen LogP contribution in [0.25, 0.3) is 0 Å². The van der Waals surface area contributed by atoms with E-state index >= 15 is 0 Å². The highest BCUT2D eigenvalue weighted by Crippen LogP contribution is 2.32. The van der Waals surface area contributed by atoms with Gasteiger partial charge in [-0.05, 0) is 50.6 Å². The maximum Gasteiger partial charge on any atom is 0.226 e. The van der Waals surface area contributed by atoms with Crippen molar-refractivity contribution in [3.8, 4) is 0 Å². The molecule has 112 valence electrons. The van der Waals surface area contributed by atoms with Crippen LogP contribution in [0.4, 0.5) is 0 Å². The number of piperidine rings is 1. The Morgan fingerprint density at radius 1 is 1.45 bits per heavy atom. The van der Waals surface area contributed by atoms with Crippen LogP contribution in [0, 0.1) is 5.92 Å². The molecule has 2 atom stereocenters. The van der Waals surface area contributed by atoms with E-state index in [9.17, 15) is 4.79 Å². The zero-order valence-electron chi connectivity index (χ0n) is 11.9. The third-order valence-corrected chi connectivity index (χ3v) is 5.01. The van der Waals surface area contributed by atoms with Crippen molar-refractivity contribution in [1.82, 2.24) is 10.2 Å². The molecule has 1 N–H and O–H groups in total. The zero-order valence-corrected chi connectivity index (χ0v) is 13.5. The number of hydrogen-bond acceptors (Lipinski definition) is 3. The van der Waals surface area contributed by atoms with Gasteiger partial charge < -0.3 is 10.2 Å². The van der Waals surface area contributed by atoms with Gasteiger partial charge in [-0.15, -0.1) is 23.7 Å². The van der Waals surface area contributed by atoms with Crippen molar-refractivity contribution in [3.63, 3.8) is 0 Å². The summed E-state index contributed by atoms with van der Waals surface area (Å²) in [5.41, 5.74) is 0. The summed E-state index contributed by atoms with van der Waals surface area (Å²) in [7, 11) is 0. The third-order valence-electron chi connectivity index (χ3n) is 4.15. The number of carbonyl (C=O) groups is 1. The third kappa shape index (κ3) is 3.74. The van der Waals surface area contributed by atoms with Crippen LogP contribution in [-0.4, -0.2) is 29.4 Å². The van der Waals surface area contributed by atoms with E-state index in [1.807, 2.05) is 0 Å². The lowest BCUT2D eigenvalue weighted by Crippen LogP contribution is -2.44. The largest absolute Gasteiger partial charge is 0.334 e. The molecule has 0 spiro atoms. The van der Waals surface area contributed by atoms with Crippen molar-refractivity contribution >= 4 is 29.7 Å². The molecule has 1 amide bonds. The summed E-state index contributed by atoms with van der Waals surface area (Å²) >= 11 is 1.75. The van der Waals surface area contributed by atoms with Crippen LogP contribution in [0.1, 0.15) is 37.5 Å². The van der Waals surface area contributed by atoms with Crippen LogP contribution in [0.3, 0.4) is 0 Å². The summed E-state index contributed by atoms with van der Waals surface area (Å²) in [6.07, 6.45) is 4.37. The average molecular weight is 315 g/mol. The molecule has 3 rings (SSSR count). The number of rotatable bonds is 4. The molecule has 2 heterocycles. The quantitative estimate of drug-likeness (QED) is 0.926. The molecule has 3 nitrogen and oxygen atoms in total. The van der Waals surface area contributed by atoms with Crippen LogP contribution in [0.2, 0.25) is 0 Å². The molecule has 1 aromatic rings. The lowest BCUT2D eigenvalue weighted by molar-refractivity contribution is -0.137. The molecule has 1 saturated carbocycles. The first-order valence-electron chi connectivity index (χ1n) is 7.30. The van der Waals surface area contributed by atoms with Gasteiger partial charge >= 0.3 is 0 Å². The molecule has 1 aliphatic carbocycles. The number of thiophene rings is 1. The van der Waals surface area contributed by atoms with Crippen molar-refractivity contribution < 1.29 is 4.79 Å². The minimum absolute atomic E-state index is 0. The summed E-state index contributed by atoms with van der Waals surface area (Å²) < 4.78 is 0. The smallest absolute Gasteiger partial charge is 0.226 e. The van der Waals surface area contributed by atoms with Gasteiger partial charge in [-0.25, -0.2) is 0 Å². The average Bonchev–Trinajstić information content (AvgIpc) is 3.12. The Hall–Kier alpha value is -0.580.